The van der Waals surface area contributed by atoms with Gasteiger partial charge in [-0.1, -0.05) is 36.4 Å². The SMILES string of the molecule is CC1(C)OB(C(=Cc2cc(F)c(N)cc2F)CNC(=O)OCc2ccccc2)OC1(C)C. The number of hydrogen-bond donors (Lipinski definition) is 2. The predicted molar refractivity (Wildman–Crippen MR) is 119 cm³/mol. The Hall–Kier alpha value is -2.91. The van der Waals surface area contributed by atoms with Crippen LogP contribution in [-0.2, 0) is 20.7 Å². The molecule has 0 aromatic heterocycles. The average Bonchev–Trinajstić information content (AvgIpc) is 2.95. The van der Waals surface area contributed by atoms with Gasteiger partial charge in [0, 0.05) is 18.2 Å². The average molecular weight is 444 g/mol. The number of anilines is 1. The van der Waals surface area contributed by atoms with Crippen molar-refractivity contribution in [1.82, 2.24) is 5.32 Å². The molecule has 0 atom stereocenters. The summed E-state index contributed by atoms with van der Waals surface area (Å²) in [5.74, 6) is -1.45. The second-order valence-electron chi connectivity index (χ2n) is 8.62. The Bertz CT molecular complexity index is 997. The number of carbonyl (C=O) groups is 1. The second-order valence-corrected chi connectivity index (χ2v) is 8.62. The molecule has 0 spiro atoms. The van der Waals surface area contributed by atoms with E-state index in [0.717, 1.165) is 17.7 Å². The van der Waals surface area contributed by atoms with Gasteiger partial charge in [0.15, 0.2) is 0 Å². The molecule has 0 bridgehead atoms. The summed E-state index contributed by atoms with van der Waals surface area (Å²) in [4.78, 5) is 12.2. The lowest BCUT2D eigenvalue weighted by molar-refractivity contribution is 0.00578. The number of nitrogen functional groups attached to an aromatic ring is 1. The first-order valence-electron chi connectivity index (χ1n) is 10.2. The van der Waals surface area contributed by atoms with E-state index in [1.54, 1.807) is 0 Å². The zero-order valence-corrected chi connectivity index (χ0v) is 18.6. The molecule has 1 aliphatic rings. The number of hydrogen-bond acceptors (Lipinski definition) is 5. The molecule has 170 valence electrons. The zero-order chi connectivity index (χ0) is 23.5. The third kappa shape index (κ3) is 5.47. The monoisotopic (exact) mass is 444 g/mol. The van der Waals surface area contributed by atoms with Crippen molar-refractivity contribution in [1.29, 1.82) is 0 Å². The summed E-state index contributed by atoms with van der Waals surface area (Å²) in [6.07, 6.45) is 0.720. The number of nitrogens with two attached hydrogens (primary N) is 1. The predicted octanol–water partition coefficient (Wildman–Crippen LogP) is 4.49. The van der Waals surface area contributed by atoms with Gasteiger partial charge >= 0.3 is 13.2 Å². The van der Waals surface area contributed by atoms with Gasteiger partial charge < -0.3 is 25.1 Å². The van der Waals surface area contributed by atoms with E-state index in [1.807, 2.05) is 58.0 Å². The van der Waals surface area contributed by atoms with Crippen LogP contribution in [-0.4, -0.2) is 31.0 Å². The van der Waals surface area contributed by atoms with Crippen molar-refractivity contribution < 1.29 is 27.6 Å². The van der Waals surface area contributed by atoms with Gasteiger partial charge in [0.2, 0.25) is 0 Å². The zero-order valence-electron chi connectivity index (χ0n) is 18.6. The smallest absolute Gasteiger partial charge is 0.445 e. The number of alkyl carbamates (subject to hydrolysis) is 1. The molecule has 1 fully saturated rings. The standard InChI is InChI=1S/C23H27BF2N2O4/c1-22(2)23(3,4)32-24(31-22)17(10-16-11-19(26)20(27)12-18(16)25)13-28-21(29)30-14-15-8-6-5-7-9-15/h5-12H,13-14,27H2,1-4H3,(H,28,29). The van der Waals surface area contributed by atoms with E-state index in [9.17, 15) is 13.6 Å². The molecule has 1 aliphatic heterocycles. The van der Waals surface area contributed by atoms with E-state index in [0.29, 0.717) is 5.47 Å². The fourth-order valence-electron chi connectivity index (χ4n) is 3.03. The summed E-state index contributed by atoms with van der Waals surface area (Å²) < 4.78 is 45.6. The highest BCUT2D eigenvalue weighted by molar-refractivity contribution is 6.56. The number of halogens is 2. The van der Waals surface area contributed by atoms with Crippen LogP contribution in [0.25, 0.3) is 6.08 Å². The first-order chi connectivity index (χ1) is 15.0. The van der Waals surface area contributed by atoms with Crippen LogP contribution in [0.2, 0.25) is 0 Å². The Balaban J connectivity index is 1.78. The minimum absolute atomic E-state index is 0.0409. The molecule has 0 aliphatic carbocycles. The number of nitrogens with one attached hydrogen (secondary N) is 1. The minimum Gasteiger partial charge on any atom is -0.445 e. The molecular weight excluding hydrogens is 417 g/mol. The third-order valence-electron chi connectivity index (χ3n) is 5.66. The highest BCUT2D eigenvalue weighted by atomic mass is 19.1. The maximum Gasteiger partial charge on any atom is 0.492 e. The number of rotatable bonds is 6. The van der Waals surface area contributed by atoms with Crippen molar-refractivity contribution in [3.63, 3.8) is 0 Å². The van der Waals surface area contributed by atoms with Gasteiger partial charge in [-0.2, -0.15) is 0 Å². The molecule has 6 nitrogen and oxygen atoms in total. The van der Waals surface area contributed by atoms with Gasteiger partial charge in [0.05, 0.1) is 16.9 Å². The van der Waals surface area contributed by atoms with E-state index in [1.165, 1.54) is 6.08 Å². The molecule has 2 aromatic carbocycles. The summed E-state index contributed by atoms with van der Waals surface area (Å²) >= 11 is 0. The van der Waals surface area contributed by atoms with E-state index < -0.39 is 36.0 Å². The van der Waals surface area contributed by atoms with Gasteiger partial charge in [-0.05, 0) is 44.8 Å². The first kappa shape index (κ1) is 23.8. The lowest BCUT2D eigenvalue weighted by atomic mass is 9.77. The van der Waals surface area contributed by atoms with Crippen LogP contribution in [0.5, 0.6) is 0 Å². The summed E-state index contributed by atoms with van der Waals surface area (Å²) in [7, 11) is -0.880. The lowest BCUT2D eigenvalue weighted by Crippen LogP contribution is -2.41. The fourth-order valence-corrected chi connectivity index (χ4v) is 3.03. The third-order valence-corrected chi connectivity index (χ3v) is 5.66. The van der Waals surface area contributed by atoms with Crippen LogP contribution in [0.3, 0.4) is 0 Å². The van der Waals surface area contributed by atoms with Crippen molar-refractivity contribution in [2.24, 2.45) is 0 Å². The summed E-state index contributed by atoms with van der Waals surface area (Å²) in [6.45, 7) is 7.52. The molecule has 0 unspecified atom stereocenters. The number of amides is 1. The van der Waals surface area contributed by atoms with Crippen LogP contribution < -0.4 is 11.1 Å². The van der Waals surface area contributed by atoms with E-state index >= 15 is 0 Å². The molecule has 1 heterocycles. The highest BCUT2D eigenvalue weighted by Crippen LogP contribution is 2.39. The van der Waals surface area contributed by atoms with Crippen molar-refractivity contribution in [3.05, 3.63) is 70.7 Å². The van der Waals surface area contributed by atoms with Crippen molar-refractivity contribution in [2.75, 3.05) is 12.3 Å². The largest absolute Gasteiger partial charge is 0.492 e. The molecule has 1 saturated heterocycles. The molecule has 3 N–H and O–H groups in total. The Kier molecular flexibility index (Phi) is 6.90. The Morgan fingerprint density at radius 1 is 1.09 bits per heavy atom. The number of benzene rings is 2. The second kappa shape index (κ2) is 9.30. The van der Waals surface area contributed by atoms with Gasteiger partial charge in [-0.15, -0.1) is 0 Å². The van der Waals surface area contributed by atoms with Crippen molar-refractivity contribution in [2.45, 2.75) is 45.5 Å². The quantitative estimate of drug-likeness (QED) is 0.507. The molecule has 32 heavy (non-hydrogen) atoms. The van der Waals surface area contributed by atoms with Gasteiger partial charge in [0.25, 0.3) is 0 Å². The maximum absolute atomic E-state index is 14.4. The lowest BCUT2D eigenvalue weighted by Gasteiger charge is -2.32. The summed E-state index contributed by atoms with van der Waals surface area (Å²) in [6, 6.07) is 11.1. The molecular formula is C23H27BF2N2O4. The molecule has 1 amide bonds. The fraction of sp³-hybridized carbons (Fsp3) is 0.348. The molecule has 9 heteroatoms. The summed E-state index contributed by atoms with van der Waals surface area (Å²) in [5, 5.41) is 2.62. The normalized spacial score (nSPS) is 17.3. The Morgan fingerprint density at radius 2 is 1.72 bits per heavy atom. The summed E-state index contributed by atoms with van der Waals surface area (Å²) in [5.41, 5.74) is 5.02. The van der Waals surface area contributed by atoms with Crippen LogP contribution in [0.1, 0.15) is 38.8 Å². The van der Waals surface area contributed by atoms with E-state index in [-0.39, 0.29) is 24.4 Å². The Morgan fingerprint density at radius 3 is 2.34 bits per heavy atom. The van der Waals surface area contributed by atoms with Crippen LogP contribution in [0.4, 0.5) is 19.3 Å². The van der Waals surface area contributed by atoms with Gasteiger partial charge in [0.1, 0.15) is 18.2 Å². The highest BCUT2D eigenvalue weighted by Gasteiger charge is 2.52. The topological polar surface area (TPSA) is 82.8 Å². The van der Waals surface area contributed by atoms with Crippen LogP contribution >= 0.6 is 0 Å². The van der Waals surface area contributed by atoms with Crippen molar-refractivity contribution in [3.8, 4) is 0 Å². The molecule has 0 radical (unpaired) electrons. The van der Waals surface area contributed by atoms with Crippen LogP contribution in [0.15, 0.2) is 47.9 Å². The number of ether oxygens (including phenoxy) is 1. The first-order valence-corrected chi connectivity index (χ1v) is 10.2. The molecule has 3 rings (SSSR count). The van der Waals surface area contributed by atoms with E-state index in [4.69, 9.17) is 19.8 Å². The van der Waals surface area contributed by atoms with Gasteiger partial charge in [-0.3, -0.25) is 0 Å². The number of carbonyl (C=O) groups excluding carboxylic acids is 1. The Labute approximate surface area is 186 Å². The maximum atomic E-state index is 14.4. The molecule has 2 aromatic rings. The van der Waals surface area contributed by atoms with Crippen LogP contribution in [0, 0.1) is 11.6 Å². The van der Waals surface area contributed by atoms with Crippen molar-refractivity contribution >= 4 is 25.0 Å². The molecule has 0 saturated carbocycles. The van der Waals surface area contributed by atoms with E-state index in [2.05, 4.69) is 5.32 Å². The minimum atomic E-state index is -0.880. The van der Waals surface area contributed by atoms with Gasteiger partial charge in [-0.25, -0.2) is 13.6 Å².